The Morgan fingerprint density at radius 1 is 1.29 bits per heavy atom. The molecule has 0 bridgehead atoms. The third kappa shape index (κ3) is 2.19. The number of esters is 1. The summed E-state index contributed by atoms with van der Waals surface area (Å²) in [6.07, 6.45) is -1.74. The largest absolute Gasteiger partial charge is 0.455 e. The number of aryl methyl sites for hydroxylation is 1. The molecular formula is C21H17FN2O4. The highest BCUT2D eigenvalue weighted by Gasteiger charge is 2.38. The number of hydrogen-bond acceptors (Lipinski definition) is 5. The van der Waals surface area contributed by atoms with Gasteiger partial charge < -0.3 is 14.4 Å². The van der Waals surface area contributed by atoms with E-state index in [0.717, 1.165) is 10.9 Å². The van der Waals surface area contributed by atoms with Crippen LogP contribution in [0.5, 0.6) is 0 Å². The average Bonchev–Trinajstić information content (AvgIpc) is 3.02. The first kappa shape index (κ1) is 17.1. The van der Waals surface area contributed by atoms with Gasteiger partial charge in [0, 0.05) is 22.6 Å². The van der Waals surface area contributed by atoms with Crippen molar-refractivity contribution in [3.05, 3.63) is 62.7 Å². The van der Waals surface area contributed by atoms with E-state index in [1.165, 1.54) is 6.07 Å². The molecule has 4 heterocycles. The van der Waals surface area contributed by atoms with Crippen LogP contribution in [0.25, 0.3) is 22.3 Å². The van der Waals surface area contributed by atoms with E-state index in [-0.39, 0.29) is 16.9 Å². The molecule has 6 nitrogen and oxygen atoms in total. The minimum absolute atomic E-state index is 0.268. The van der Waals surface area contributed by atoms with E-state index < -0.39 is 18.2 Å². The van der Waals surface area contributed by atoms with Crippen LogP contribution >= 0.6 is 0 Å². The van der Waals surface area contributed by atoms with Crippen molar-refractivity contribution in [3.63, 3.8) is 0 Å². The lowest BCUT2D eigenvalue weighted by Crippen LogP contribution is -2.35. The van der Waals surface area contributed by atoms with Crippen LogP contribution in [-0.4, -0.2) is 20.6 Å². The fourth-order valence-electron chi connectivity index (χ4n) is 4.13. The molecule has 2 aliphatic rings. The van der Waals surface area contributed by atoms with Gasteiger partial charge in [0.25, 0.3) is 5.56 Å². The van der Waals surface area contributed by atoms with Crippen LogP contribution < -0.4 is 5.56 Å². The summed E-state index contributed by atoms with van der Waals surface area (Å²) < 4.78 is 20.8. The molecule has 0 saturated carbocycles. The van der Waals surface area contributed by atoms with Crippen LogP contribution in [-0.2, 0) is 16.1 Å². The number of hydrogen-bond donors (Lipinski definition) is 1. The summed E-state index contributed by atoms with van der Waals surface area (Å²) in [6.45, 7) is 3.84. The average molecular weight is 380 g/mol. The number of cyclic esters (lactones) is 1. The second-order valence-electron chi connectivity index (χ2n) is 7.32. The molecule has 2 atom stereocenters. The highest BCUT2D eigenvalue weighted by Crippen LogP contribution is 2.38. The number of halogens is 1. The molecule has 2 unspecified atom stereocenters. The summed E-state index contributed by atoms with van der Waals surface area (Å²) in [5, 5.41) is 11.1. The van der Waals surface area contributed by atoms with Gasteiger partial charge in [-0.3, -0.25) is 4.79 Å². The normalized spacial score (nSPS) is 19.9. The van der Waals surface area contributed by atoms with Crippen molar-refractivity contribution in [1.82, 2.24) is 9.55 Å². The van der Waals surface area contributed by atoms with Crippen LogP contribution in [0, 0.1) is 12.7 Å². The van der Waals surface area contributed by atoms with E-state index in [4.69, 9.17) is 4.74 Å². The van der Waals surface area contributed by atoms with Crippen molar-refractivity contribution >= 4 is 16.9 Å². The molecule has 3 aromatic rings. The number of pyridine rings is 2. The van der Waals surface area contributed by atoms with Gasteiger partial charge in [0.1, 0.15) is 11.9 Å². The standard InChI is InChI=1S/C21H17FN2O4/c1-3-16-17-12(19(25)21(27)28-16)6-15-18-11(8-24(15)20(17)26)5-10-4-9(2)13(22)7-14(10)23-18/h4-7,16,19,25H,3,8H2,1-2H3. The van der Waals surface area contributed by atoms with E-state index in [0.29, 0.717) is 41.0 Å². The number of nitrogens with zero attached hydrogens (tertiary/aromatic N) is 2. The molecule has 1 aromatic carbocycles. The predicted octanol–water partition coefficient (Wildman–Crippen LogP) is 2.91. The summed E-state index contributed by atoms with van der Waals surface area (Å²) in [7, 11) is 0. The number of aromatic nitrogens is 2. The van der Waals surface area contributed by atoms with Gasteiger partial charge in [0.2, 0.25) is 0 Å². The van der Waals surface area contributed by atoms with Gasteiger partial charge in [-0.25, -0.2) is 14.2 Å². The molecule has 0 saturated heterocycles. The number of rotatable bonds is 1. The molecule has 0 radical (unpaired) electrons. The Balaban J connectivity index is 1.78. The minimum atomic E-state index is -1.50. The van der Waals surface area contributed by atoms with Crippen molar-refractivity contribution in [3.8, 4) is 11.4 Å². The fraction of sp³-hybridized carbons (Fsp3) is 0.286. The van der Waals surface area contributed by atoms with Gasteiger partial charge in [-0.2, -0.15) is 0 Å². The molecule has 142 valence electrons. The first-order valence-corrected chi connectivity index (χ1v) is 9.15. The SMILES string of the molecule is CCC1OC(=O)C(O)c2cc3n(c(=O)c21)Cc1cc2cc(C)c(F)cc2nc1-3. The van der Waals surface area contributed by atoms with E-state index >= 15 is 0 Å². The maximum atomic E-state index is 14.0. The summed E-state index contributed by atoms with van der Waals surface area (Å²) >= 11 is 0. The summed E-state index contributed by atoms with van der Waals surface area (Å²) in [5.74, 6) is -1.10. The van der Waals surface area contributed by atoms with Crippen LogP contribution in [0.4, 0.5) is 4.39 Å². The van der Waals surface area contributed by atoms with Gasteiger partial charge in [0.15, 0.2) is 6.10 Å². The van der Waals surface area contributed by atoms with E-state index in [9.17, 15) is 19.1 Å². The van der Waals surface area contributed by atoms with Crippen LogP contribution in [0.2, 0.25) is 0 Å². The molecule has 28 heavy (non-hydrogen) atoms. The molecule has 0 aliphatic carbocycles. The Morgan fingerprint density at radius 3 is 2.82 bits per heavy atom. The second-order valence-corrected chi connectivity index (χ2v) is 7.32. The molecular weight excluding hydrogens is 363 g/mol. The first-order valence-electron chi connectivity index (χ1n) is 9.15. The number of carbonyl (C=O) groups excluding carboxylic acids is 1. The minimum Gasteiger partial charge on any atom is -0.455 e. The summed E-state index contributed by atoms with van der Waals surface area (Å²) in [4.78, 5) is 29.7. The molecule has 0 amide bonds. The zero-order chi connectivity index (χ0) is 19.7. The molecule has 0 fully saturated rings. The summed E-state index contributed by atoms with van der Waals surface area (Å²) in [5.41, 5.74) is 3.23. The van der Waals surface area contributed by atoms with Gasteiger partial charge in [0.05, 0.1) is 29.0 Å². The lowest BCUT2D eigenvalue weighted by Gasteiger charge is -2.28. The Labute approximate surface area is 159 Å². The van der Waals surface area contributed by atoms with Crippen molar-refractivity contribution in [2.45, 2.75) is 39.0 Å². The topological polar surface area (TPSA) is 81.4 Å². The smallest absolute Gasteiger partial charge is 0.340 e. The summed E-state index contributed by atoms with van der Waals surface area (Å²) in [6, 6.07) is 6.66. The molecule has 1 N–H and O–H groups in total. The zero-order valence-electron chi connectivity index (χ0n) is 15.3. The number of benzene rings is 1. The van der Waals surface area contributed by atoms with Crippen molar-refractivity contribution in [2.75, 3.05) is 0 Å². The lowest BCUT2D eigenvalue weighted by molar-refractivity contribution is -0.163. The van der Waals surface area contributed by atoms with Gasteiger partial charge >= 0.3 is 5.97 Å². The quantitative estimate of drug-likeness (QED) is 0.514. The zero-order valence-corrected chi connectivity index (χ0v) is 15.3. The number of ether oxygens (including phenoxy) is 1. The molecule has 7 heteroatoms. The van der Waals surface area contributed by atoms with Crippen molar-refractivity contribution in [2.24, 2.45) is 0 Å². The Morgan fingerprint density at radius 2 is 2.07 bits per heavy atom. The predicted molar refractivity (Wildman–Crippen MR) is 99.3 cm³/mol. The molecule has 2 aliphatic heterocycles. The molecule has 0 spiro atoms. The van der Waals surface area contributed by atoms with E-state index in [2.05, 4.69) is 4.98 Å². The second kappa shape index (κ2) is 5.72. The number of aliphatic hydroxyl groups excluding tert-OH is 1. The van der Waals surface area contributed by atoms with Gasteiger partial charge in [-0.15, -0.1) is 0 Å². The highest BCUT2D eigenvalue weighted by molar-refractivity contribution is 5.85. The van der Waals surface area contributed by atoms with Crippen LogP contribution in [0.3, 0.4) is 0 Å². The monoisotopic (exact) mass is 380 g/mol. The number of aliphatic hydroxyl groups is 1. The van der Waals surface area contributed by atoms with Crippen LogP contribution in [0.1, 0.15) is 47.8 Å². The van der Waals surface area contributed by atoms with E-state index in [1.54, 1.807) is 23.6 Å². The van der Waals surface area contributed by atoms with Crippen LogP contribution in [0.15, 0.2) is 29.1 Å². The molecule has 5 rings (SSSR count). The molecule has 2 aromatic heterocycles. The third-order valence-electron chi connectivity index (χ3n) is 5.58. The number of carbonyl (C=O) groups is 1. The first-order chi connectivity index (χ1) is 13.4. The van der Waals surface area contributed by atoms with E-state index in [1.807, 2.05) is 13.0 Å². The van der Waals surface area contributed by atoms with Gasteiger partial charge in [-0.05, 0) is 37.1 Å². The maximum absolute atomic E-state index is 14.0. The number of fused-ring (bicyclic) bond motifs is 5. The van der Waals surface area contributed by atoms with Gasteiger partial charge in [-0.1, -0.05) is 6.92 Å². The fourth-order valence-corrected chi connectivity index (χ4v) is 4.13. The Hall–Kier alpha value is -3.06. The third-order valence-corrected chi connectivity index (χ3v) is 5.58. The van der Waals surface area contributed by atoms with Crippen molar-refractivity contribution in [1.29, 1.82) is 0 Å². The highest BCUT2D eigenvalue weighted by atomic mass is 19.1. The van der Waals surface area contributed by atoms with Crippen molar-refractivity contribution < 1.29 is 19.0 Å². The Bertz CT molecular complexity index is 1250. The Kier molecular flexibility index (Phi) is 3.49. The lowest BCUT2D eigenvalue weighted by atomic mass is 9.94. The maximum Gasteiger partial charge on any atom is 0.340 e.